The van der Waals surface area contributed by atoms with E-state index in [9.17, 15) is 14.4 Å². The molecule has 1 saturated carbocycles. The first-order chi connectivity index (χ1) is 19.4. The molecule has 2 amide bonds. The van der Waals surface area contributed by atoms with Crippen LogP contribution < -0.4 is 5.32 Å². The molecule has 212 valence electrons. The lowest BCUT2D eigenvalue weighted by atomic mass is 9.75. The number of thioether (sulfide) groups is 1. The zero-order valence-corrected chi connectivity index (χ0v) is 24.2. The number of unbranched alkanes of at least 4 members (excludes halogenated alkanes) is 1. The smallest absolute Gasteiger partial charge is 0.410 e. The van der Waals surface area contributed by atoms with Crippen LogP contribution in [0.25, 0.3) is 5.69 Å². The van der Waals surface area contributed by atoms with E-state index in [-0.39, 0.29) is 6.04 Å². The first kappa shape index (κ1) is 29.4. The standard InChI is InChI=1S/C31H38N4O4S/c1-4-5-17-26(27(36)28(37)33-23(2)24-13-8-6-9-14-24)35(30(38)39-3)31(18-12-19-31)22-40-29-32-20-21-34(29)25-15-10-7-11-16-25/h6-11,13-16,20-21,23,26H,4-5,12,17-19,22H2,1-3H3,(H,33,37)/t23-,26+/m1/s1. The summed E-state index contributed by atoms with van der Waals surface area (Å²) in [5.74, 6) is -0.763. The second kappa shape index (κ2) is 13.7. The molecular weight excluding hydrogens is 524 g/mol. The number of ether oxygens (including phenoxy) is 1. The highest BCUT2D eigenvalue weighted by molar-refractivity contribution is 7.99. The van der Waals surface area contributed by atoms with Gasteiger partial charge in [-0.3, -0.25) is 19.1 Å². The van der Waals surface area contributed by atoms with Gasteiger partial charge in [-0.1, -0.05) is 80.1 Å². The van der Waals surface area contributed by atoms with Gasteiger partial charge in [0.15, 0.2) is 5.16 Å². The minimum Gasteiger partial charge on any atom is -0.453 e. The molecular formula is C31H38N4O4S. The summed E-state index contributed by atoms with van der Waals surface area (Å²) in [5.41, 5.74) is 1.28. The monoisotopic (exact) mass is 562 g/mol. The van der Waals surface area contributed by atoms with Crippen molar-refractivity contribution in [1.82, 2.24) is 19.8 Å². The van der Waals surface area contributed by atoms with Crippen LogP contribution in [0.4, 0.5) is 4.79 Å². The minimum atomic E-state index is -0.912. The Kier molecular flexibility index (Phi) is 10.0. The molecule has 2 aromatic carbocycles. The number of carbonyl (C=O) groups is 3. The fraction of sp³-hybridized carbons (Fsp3) is 0.419. The van der Waals surface area contributed by atoms with E-state index in [1.165, 1.54) is 7.11 Å². The van der Waals surface area contributed by atoms with Crippen molar-refractivity contribution in [3.05, 3.63) is 78.6 Å². The summed E-state index contributed by atoms with van der Waals surface area (Å²) < 4.78 is 7.25. The van der Waals surface area contributed by atoms with Gasteiger partial charge < -0.3 is 10.1 Å². The summed E-state index contributed by atoms with van der Waals surface area (Å²) in [4.78, 5) is 46.5. The van der Waals surface area contributed by atoms with Crippen molar-refractivity contribution in [2.45, 2.75) is 75.2 Å². The average molecular weight is 563 g/mol. The normalized spacial score (nSPS) is 15.4. The van der Waals surface area contributed by atoms with Crippen LogP contribution in [0.2, 0.25) is 0 Å². The number of amides is 2. The number of hydrogen-bond acceptors (Lipinski definition) is 6. The van der Waals surface area contributed by atoms with Gasteiger partial charge >= 0.3 is 6.09 Å². The Bertz CT molecular complexity index is 1280. The van der Waals surface area contributed by atoms with E-state index < -0.39 is 29.4 Å². The second-order valence-corrected chi connectivity index (χ2v) is 11.2. The Morgan fingerprint density at radius 3 is 2.38 bits per heavy atom. The highest BCUT2D eigenvalue weighted by Gasteiger charge is 2.51. The predicted octanol–water partition coefficient (Wildman–Crippen LogP) is 5.96. The number of imidazole rings is 1. The summed E-state index contributed by atoms with van der Waals surface area (Å²) >= 11 is 1.55. The third-order valence-corrected chi connectivity index (χ3v) is 8.84. The van der Waals surface area contributed by atoms with Gasteiger partial charge in [-0.15, -0.1) is 0 Å². The Morgan fingerprint density at radius 2 is 1.77 bits per heavy atom. The zero-order valence-electron chi connectivity index (χ0n) is 23.4. The molecule has 3 aromatic rings. The highest BCUT2D eigenvalue weighted by Crippen LogP contribution is 2.44. The number of para-hydroxylation sites is 1. The van der Waals surface area contributed by atoms with E-state index in [0.717, 1.165) is 42.1 Å². The lowest BCUT2D eigenvalue weighted by molar-refractivity contribution is -0.143. The van der Waals surface area contributed by atoms with Gasteiger partial charge in [-0.25, -0.2) is 9.78 Å². The molecule has 1 aromatic heterocycles. The number of carbonyl (C=O) groups excluding carboxylic acids is 3. The van der Waals surface area contributed by atoms with Gasteiger partial charge in [0.2, 0.25) is 5.78 Å². The molecule has 1 N–H and O–H groups in total. The first-order valence-electron chi connectivity index (χ1n) is 13.9. The maximum atomic E-state index is 13.8. The number of methoxy groups -OCH3 is 1. The third-order valence-electron chi connectivity index (χ3n) is 7.59. The van der Waals surface area contributed by atoms with Gasteiger partial charge in [0.1, 0.15) is 6.04 Å². The Labute approximate surface area is 240 Å². The molecule has 4 rings (SSSR count). The van der Waals surface area contributed by atoms with Crippen LogP contribution in [0.3, 0.4) is 0 Å². The predicted molar refractivity (Wildman–Crippen MR) is 156 cm³/mol. The van der Waals surface area contributed by atoms with Gasteiger partial charge in [0.05, 0.1) is 18.7 Å². The van der Waals surface area contributed by atoms with Crippen LogP contribution in [-0.2, 0) is 14.3 Å². The summed E-state index contributed by atoms with van der Waals surface area (Å²) in [6, 6.07) is 18.2. The summed E-state index contributed by atoms with van der Waals surface area (Å²) in [5, 5.41) is 3.65. The Morgan fingerprint density at radius 1 is 1.10 bits per heavy atom. The maximum Gasteiger partial charge on any atom is 0.410 e. The van der Waals surface area contributed by atoms with Crippen molar-refractivity contribution in [3.63, 3.8) is 0 Å². The molecule has 1 aliphatic rings. The van der Waals surface area contributed by atoms with E-state index in [2.05, 4.69) is 10.3 Å². The molecule has 9 heteroatoms. The molecule has 0 radical (unpaired) electrons. The van der Waals surface area contributed by atoms with E-state index >= 15 is 0 Å². The van der Waals surface area contributed by atoms with Crippen molar-refractivity contribution in [2.75, 3.05) is 12.9 Å². The van der Waals surface area contributed by atoms with Crippen molar-refractivity contribution >= 4 is 29.5 Å². The maximum absolute atomic E-state index is 13.8. The van der Waals surface area contributed by atoms with E-state index in [0.29, 0.717) is 18.6 Å². The lowest BCUT2D eigenvalue weighted by Gasteiger charge is -2.51. The number of Topliss-reactive ketones (excluding diaryl/α,β-unsaturated/α-hetero) is 1. The molecule has 1 aliphatic carbocycles. The molecule has 0 spiro atoms. The summed E-state index contributed by atoms with van der Waals surface area (Å²) in [6.07, 6.45) is 7.38. The van der Waals surface area contributed by atoms with Crippen LogP contribution in [0.15, 0.2) is 78.2 Å². The van der Waals surface area contributed by atoms with Crippen LogP contribution in [-0.4, -0.2) is 56.7 Å². The molecule has 0 aliphatic heterocycles. The first-order valence-corrected chi connectivity index (χ1v) is 14.9. The van der Waals surface area contributed by atoms with Crippen molar-refractivity contribution in [1.29, 1.82) is 0 Å². The van der Waals surface area contributed by atoms with Crippen LogP contribution in [0.5, 0.6) is 0 Å². The molecule has 2 atom stereocenters. The number of nitrogens with one attached hydrogen (secondary N) is 1. The molecule has 1 heterocycles. The Balaban J connectivity index is 1.58. The highest BCUT2D eigenvalue weighted by atomic mass is 32.2. The second-order valence-electron chi connectivity index (χ2n) is 10.3. The van der Waals surface area contributed by atoms with Crippen LogP contribution in [0.1, 0.15) is 64.0 Å². The summed E-state index contributed by atoms with van der Waals surface area (Å²) in [6.45, 7) is 3.87. The molecule has 40 heavy (non-hydrogen) atoms. The average Bonchev–Trinajstić information content (AvgIpc) is 3.44. The van der Waals surface area contributed by atoms with Crippen LogP contribution >= 0.6 is 11.8 Å². The number of rotatable bonds is 13. The van der Waals surface area contributed by atoms with Crippen LogP contribution in [0, 0.1) is 0 Å². The largest absolute Gasteiger partial charge is 0.453 e. The zero-order chi connectivity index (χ0) is 28.5. The number of ketones is 1. The van der Waals surface area contributed by atoms with E-state index in [1.54, 1.807) is 22.9 Å². The number of aromatic nitrogens is 2. The fourth-order valence-electron chi connectivity index (χ4n) is 5.19. The fourth-order valence-corrected chi connectivity index (χ4v) is 6.46. The summed E-state index contributed by atoms with van der Waals surface area (Å²) in [7, 11) is 1.33. The lowest BCUT2D eigenvalue weighted by Crippen LogP contribution is -2.64. The van der Waals surface area contributed by atoms with E-state index in [4.69, 9.17) is 4.74 Å². The molecule has 1 fully saturated rings. The molecule has 0 saturated heterocycles. The van der Waals surface area contributed by atoms with Gasteiger partial charge in [0.25, 0.3) is 5.91 Å². The number of hydrogen-bond donors (Lipinski definition) is 1. The third kappa shape index (κ3) is 6.58. The number of nitrogens with zero attached hydrogens (tertiary/aromatic N) is 3. The minimum absolute atomic E-state index is 0.346. The van der Waals surface area contributed by atoms with Crippen molar-refractivity contribution < 1.29 is 19.1 Å². The SMILES string of the molecule is CCCC[C@@H](C(=O)C(=O)N[C@H](C)c1ccccc1)N(C(=O)OC)C1(CSc2nccn2-c2ccccc2)CCC1. The van der Waals surface area contributed by atoms with E-state index in [1.807, 2.05) is 85.3 Å². The number of benzene rings is 2. The molecule has 0 bridgehead atoms. The van der Waals surface area contributed by atoms with Gasteiger partial charge in [-0.2, -0.15) is 0 Å². The van der Waals surface area contributed by atoms with Gasteiger partial charge in [0, 0.05) is 23.8 Å². The molecule has 0 unspecified atom stereocenters. The van der Waals surface area contributed by atoms with Gasteiger partial charge in [-0.05, 0) is 50.3 Å². The van der Waals surface area contributed by atoms with Crippen molar-refractivity contribution in [3.8, 4) is 5.69 Å². The Hall–Kier alpha value is -3.59. The quantitative estimate of drug-likeness (QED) is 0.204. The topological polar surface area (TPSA) is 93.5 Å². The van der Waals surface area contributed by atoms with Crippen molar-refractivity contribution in [2.24, 2.45) is 0 Å². The molecule has 8 nitrogen and oxygen atoms in total.